The lowest BCUT2D eigenvalue weighted by Crippen LogP contribution is -2.36. The summed E-state index contributed by atoms with van der Waals surface area (Å²) in [6, 6.07) is 5.63. The van der Waals surface area contributed by atoms with E-state index in [9.17, 15) is 14.7 Å². The summed E-state index contributed by atoms with van der Waals surface area (Å²) >= 11 is 0. The molecule has 0 radical (unpaired) electrons. The minimum atomic E-state index is -0.315. The van der Waals surface area contributed by atoms with Crippen molar-refractivity contribution in [3.63, 3.8) is 0 Å². The van der Waals surface area contributed by atoms with Gasteiger partial charge in [-0.2, -0.15) is 0 Å². The van der Waals surface area contributed by atoms with Crippen LogP contribution in [0.5, 0.6) is 0 Å². The standard InChI is InChI=1S/C21H28N2O3/c1-15(14-24)23-12-11-18-17(13-23)9-6-10-19(18)21(26)22-20(25)16-7-4-2-3-5-8-16/h6,9-12,15-16,24H,2-5,7-8,13-14H2,1H3,(H,22,25,26)/t15-/m1/s1. The van der Waals surface area contributed by atoms with Crippen LogP contribution in [-0.4, -0.2) is 34.5 Å². The van der Waals surface area contributed by atoms with Crippen LogP contribution >= 0.6 is 0 Å². The second kappa shape index (κ2) is 8.49. The number of amides is 2. The molecule has 5 nitrogen and oxygen atoms in total. The first-order valence-electron chi connectivity index (χ1n) is 9.62. The molecule has 1 saturated carbocycles. The van der Waals surface area contributed by atoms with Gasteiger partial charge in [0.05, 0.1) is 6.61 Å². The molecule has 5 heteroatoms. The highest BCUT2D eigenvalue weighted by atomic mass is 16.3. The van der Waals surface area contributed by atoms with Crippen molar-refractivity contribution >= 4 is 17.9 Å². The molecule has 1 aliphatic heterocycles. The van der Waals surface area contributed by atoms with Crippen molar-refractivity contribution in [2.24, 2.45) is 5.92 Å². The second-order valence-electron chi connectivity index (χ2n) is 7.40. The lowest BCUT2D eigenvalue weighted by Gasteiger charge is -2.30. The molecular formula is C21H28N2O3. The Labute approximate surface area is 155 Å². The molecule has 1 aromatic carbocycles. The Kier molecular flexibility index (Phi) is 6.09. The summed E-state index contributed by atoms with van der Waals surface area (Å²) in [5.41, 5.74) is 2.43. The number of imide groups is 1. The van der Waals surface area contributed by atoms with Gasteiger partial charge in [0, 0.05) is 30.3 Å². The monoisotopic (exact) mass is 356 g/mol. The zero-order chi connectivity index (χ0) is 18.5. The molecule has 0 unspecified atom stereocenters. The SMILES string of the molecule is C[C@H](CO)N1C=Cc2c(cccc2C(=O)NC(=O)C2CCCCCC2)C1. The first-order chi connectivity index (χ1) is 12.6. The predicted molar refractivity (Wildman–Crippen MR) is 101 cm³/mol. The quantitative estimate of drug-likeness (QED) is 0.642. The molecule has 3 rings (SSSR count). The Morgan fingerprint density at radius 2 is 1.96 bits per heavy atom. The van der Waals surface area contributed by atoms with Gasteiger partial charge in [-0.05, 0) is 43.0 Å². The largest absolute Gasteiger partial charge is 0.394 e. The molecular weight excluding hydrogens is 328 g/mol. The zero-order valence-corrected chi connectivity index (χ0v) is 15.4. The van der Waals surface area contributed by atoms with Crippen LogP contribution in [0, 0.1) is 5.92 Å². The summed E-state index contributed by atoms with van der Waals surface area (Å²) in [7, 11) is 0. The minimum Gasteiger partial charge on any atom is -0.394 e. The van der Waals surface area contributed by atoms with Gasteiger partial charge in [0.1, 0.15) is 0 Å². The summed E-state index contributed by atoms with van der Waals surface area (Å²) in [5, 5.41) is 12.0. The van der Waals surface area contributed by atoms with Crippen LogP contribution < -0.4 is 5.32 Å². The van der Waals surface area contributed by atoms with E-state index in [1.807, 2.05) is 36.2 Å². The van der Waals surface area contributed by atoms with Crippen molar-refractivity contribution in [3.8, 4) is 0 Å². The fourth-order valence-electron chi connectivity index (χ4n) is 3.80. The van der Waals surface area contributed by atoms with Crippen LogP contribution in [0.1, 0.15) is 66.9 Å². The molecule has 0 bridgehead atoms. The number of benzene rings is 1. The lowest BCUT2D eigenvalue weighted by molar-refractivity contribution is -0.124. The van der Waals surface area contributed by atoms with Crippen LogP contribution in [0.4, 0.5) is 0 Å². The van der Waals surface area contributed by atoms with Crippen LogP contribution in [0.2, 0.25) is 0 Å². The highest BCUT2D eigenvalue weighted by molar-refractivity contribution is 6.07. The van der Waals surface area contributed by atoms with Crippen molar-refractivity contribution in [3.05, 3.63) is 41.1 Å². The molecule has 140 valence electrons. The highest BCUT2D eigenvalue weighted by Crippen LogP contribution is 2.26. The van der Waals surface area contributed by atoms with Gasteiger partial charge in [-0.25, -0.2) is 0 Å². The van der Waals surface area contributed by atoms with Crippen LogP contribution in [-0.2, 0) is 11.3 Å². The Morgan fingerprint density at radius 3 is 2.65 bits per heavy atom. The maximum Gasteiger partial charge on any atom is 0.258 e. The molecule has 0 saturated heterocycles. The van der Waals surface area contributed by atoms with Gasteiger partial charge in [0.25, 0.3) is 5.91 Å². The molecule has 1 atom stereocenters. The number of nitrogens with zero attached hydrogens (tertiary/aromatic N) is 1. The van der Waals surface area contributed by atoms with Gasteiger partial charge in [-0.3, -0.25) is 14.9 Å². The Balaban J connectivity index is 1.72. The maximum atomic E-state index is 12.7. The van der Waals surface area contributed by atoms with E-state index < -0.39 is 0 Å². The number of carbonyl (C=O) groups excluding carboxylic acids is 2. The Hall–Kier alpha value is -2.14. The number of carbonyl (C=O) groups is 2. The summed E-state index contributed by atoms with van der Waals surface area (Å²) in [5.74, 6) is -0.494. The van der Waals surface area contributed by atoms with Gasteiger partial charge in [-0.15, -0.1) is 0 Å². The van der Waals surface area contributed by atoms with Crippen molar-refractivity contribution < 1.29 is 14.7 Å². The van der Waals surface area contributed by atoms with Crippen molar-refractivity contribution in [1.82, 2.24) is 10.2 Å². The molecule has 0 aromatic heterocycles. The number of hydrogen-bond donors (Lipinski definition) is 2. The summed E-state index contributed by atoms with van der Waals surface area (Å²) < 4.78 is 0. The summed E-state index contributed by atoms with van der Waals surface area (Å²) in [6.45, 7) is 2.68. The van der Waals surface area contributed by atoms with Gasteiger partial charge in [-0.1, -0.05) is 37.8 Å². The van der Waals surface area contributed by atoms with Crippen molar-refractivity contribution in [2.75, 3.05) is 6.61 Å². The Bertz CT molecular complexity index is 690. The van der Waals surface area contributed by atoms with E-state index in [4.69, 9.17) is 0 Å². The van der Waals surface area contributed by atoms with E-state index in [0.717, 1.165) is 36.8 Å². The topological polar surface area (TPSA) is 69.6 Å². The van der Waals surface area contributed by atoms with Crippen molar-refractivity contribution in [2.45, 2.75) is 58.0 Å². The minimum absolute atomic E-state index is 0.0219. The zero-order valence-electron chi connectivity index (χ0n) is 15.4. The van der Waals surface area contributed by atoms with Gasteiger partial charge >= 0.3 is 0 Å². The lowest BCUT2D eigenvalue weighted by atomic mass is 9.96. The third kappa shape index (κ3) is 4.15. The van der Waals surface area contributed by atoms with E-state index in [1.54, 1.807) is 6.07 Å². The number of rotatable bonds is 4. The van der Waals surface area contributed by atoms with E-state index in [2.05, 4.69) is 5.32 Å². The van der Waals surface area contributed by atoms with E-state index in [1.165, 1.54) is 12.8 Å². The molecule has 1 heterocycles. The number of aliphatic hydroxyl groups is 1. The number of hydrogen-bond acceptors (Lipinski definition) is 4. The first kappa shape index (κ1) is 18.6. The fraction of sp³-hybridized carbons (Fsp3) is 0.524. The Morgan fingerprint density at radius 1 is 1.23 bits per heavy atom. The average Bonchev–Trinajstić information content (AvgIpc) is 2.95. The van der Waals surface area contributed by atoms with E-state index in [0.29, 0.717) is 12.1 Å². The number of fused-ring (bicyclic) bond motifs is 1. The number of nitrogens with one attached hydrogen (secondary N) is 1. The van der Waals surface area contributed by atoms with Gasteiger partial charge in [0.2, 0.25) is 5.91 Å². The first-order valence-corrected chi connectivity index (χ1v) is 9.62. The number of aliphatic hydroxyl groups excluding tert-OH is 1. The van der Waals surface area contributed by atoms with Crippen LogP contribution in [0.25, 0.3) is 6.08 Å². The highest BCUT2D eigenvalue weighted by Gasteiger charge is 2.24. The molecule has 1 aliphatic carbocycles. The van der Waals surface area contributed by atoms with E-state index in [-0.39, 0.29) is 30.4 Å². The third-order valence-corrected chi connectivity index (χ3v) is 5.52. The molecule has 2 amide bonds. The molecule has 1 aromatic rings. The summed E-state index contributed by atoms with van der Waals surface area (Å²) in [4.78, 5) is 27.2. The summed E-state index contributed by atoms with van der Waals surface area (Å²) in [6.07, 6.45) is 10.0. The fourth-order valence-corrected chi connectivity index (χ4v) is 3.80. The molecule has 2 aliphatic rings. The normalized spacial score (nSPS) is 18.8. The van der Waals surface area contributed by atoms with Gasteiger partial charge in [0.15, 0.2) is 0 Å². The van der Waals surface area contributed by atoms with Gasteiger partial charge < -0.3 is 10.0 Å². The van der Waals surface area contributed by atoms with E-state index >= 15 is 0 Å². The molecule has 1 fully saturated rings. The molecule has 0 spiro atoms. The van der Waals surface area contributed by atoms with Crippen LogP contribution in [0.3, 0.4) is 0 Å². The van der Waals surface area contributed by atoms with Crippen molar-refractivity contribution in [1.29, 1.82) is 0 Å². The smallest absolute Gasteiger partial charge is 0.258 e. The predicted octanol–water partition coefficient (Wildman–Crippen LogP) is 3.08. The molecule has 2 N–H and O–H groups in total. The maximum absolute atomic E-state index is 12.7. The molecule has 26 heavy (non-hydrogen) atoms. The van der Waals surface area contributed by atoms with Crippen LogP contribution in [0.15, 0.2) is 24.4 Å². The second-order valence-corrected chi connectivity index (χ2v) is 7.40. The third-order valence-electron chi connectivity index (χ3n) is 5.52. The average molecular weight is 356 g/mol.